The van der Waals surface area contributed by atoms with E-state index in [1.165, 1.54) is 0 Å². The molecule has 0 aromatic heterocycles. The molecule has 3 aromatic carbocycles. The first-order valence-electron chi connectivity index (χ1n) is 7.68. The number of benzene rings is 3. The molecule has 0 aliphatic carbocycles. The first-order valence-corrected chi connectivity index (χ1v) is 7.68. The summed E-state index contributed by atoms with van der Waals surface area (Å²) < 4.78 is 0. The minimum Gasteiger partial charge on any atom is -0.383 e. The van der Waals surface area contributed by atoms with Crippen molar-refractivity contribution in [1.82, 2.24) is 0 Å². The highest BCUT2D eigenvalue weighted by Crippen LogP contribution is 2.39. The molecule has 0 radical (unpaired) electrons. The van der Waals surface area contributed by atoms with Crippen LogP contribution in [-0.2, 0) is 5.60 Å². The normalized spacial score (nSPS) is 15.4. The molecule has 0 heterocycles. The molecule has 0 aliphatic rings. The van der Waals surface area contributed by atoms with E-state index in [1.54, 1.807) is 0 Å². The Labute approximate surface area is 131 Å². The van der Waals surface area contributed by atoms with Crippen LogP contribution in [0.2, 0.25) is 0 Å². The van der Waals surface area contributed by atoms with Crippen molar-refractivity contribution in [3.63, 3.8) is 0 Å². The van der Waals surface area contributed by atoms with Crippen molar-refractivity contribution >= 4 is 10.8 Å². The number of fused-ring (bicyclic) bond motifs is 1. The largest absolute Gasteiger partial charge is 0.383 e. The molecule has 3 aromatic rings. The number of hydrogen-bond acceptors (Lipinski definition) is 2. The van der Waals surface area contributed by atoms with E-state index >= 15 is 0 Å². The van der Waals surface area contributed by atoms with Crippen molar-refractivity contribution < 1.29 is 5.11 Å². The molecule has 0 amide bonds. The summed E-state index contributed by atoms with van der Waals surface area (Å²) in [5, 5.41) is 13.6. The van der Waals surface area contributed by atoms with Crippen LogP contribution in [0.25, 0.3) is 10.8 Å². The average Bonchev–Trinajstić information content (AvgIpc) is 2.60. The van der Waals surface area contributed by atoms with Gasteiger partial charge in [-0.05, 0) is 28.3 Å². The minimum atomic E-state index is -1.10. The van der Waals surface area contributed by atoms with Crippen LogP contribution in [-0.4, -0.2) is 5.11 Å². The van der Waals surface area contributed by atoms with Gasteiger partial charge in [0.15, 0.2) is 0 Å². The van der Waals surface area contributed by atoms with Gasteiger partial charge in [0.25, 0.3) is 0 Å². The lowest BCUT2D eigenvalue weighted by atomic mass is 9.79. The third kappa shape index (κ3) is 2.41. The van der Waals surface area contributed by atoms with E-state index in [0.717, 1.165) is 21.9 Å². The second-order valence-electron chi connectivity index (χ2n) is 5.69. The second-order valence-corrected chi connectivity index (χ2v) is 5.69. The van der Waals surface area contributed by atoms with Crippen LogP contribution >= 0.6 is 0 Å². The lowest BCUT2D eigenvalue weighted by Gasteiger charge is -2.35. The minimum absolute atomic E-state index is 0.468. The standard InChI is InChI=1S/C20H21NO/c1-2-20(22,19(21)16-10-4-3-5-11-16)18-14-8-12-15-9-6-7-13-17(15)18/h3-14,19,22H,2,21H2,1H3. The molecule has 0 spiro atoms. The van der Waals surface area contributed by atoms with E-state index in [-0.39, 0.29) is 0 Å². The third-order valence-corrected chi connectivity index (χ3v) is 4.47. The van der Waals surface area contributed by atoms with Crippen LogP contribution in [0.15, 0.2) is 72.8 Å². The summed E-state index contributed by atoms with van der Waals surface area (Å²) in [4.78, 5) is 0. The molecule has 3 N–H and O–H groups in total. The van der Waals surface area contributed by atoms with Crippen LogP contribution in [0, 0.1) is 0 Å². The van der Waals surface area contributed by atoms with Crippen molar-refractivity contribution in [3.05, 3.63) is 83.9 Å². The number of nitrogens with two attached hydrogens (primary N) is 1. The Morgan fingerprint density at radius 3 is 2.27 bits per heavy atom. The highest BCUT2D eigenvalue weighted by molar-refractivity contribution is 5.86. The van der Waals surface area contributed by atoms with Gasteiger partial charge in [0, 0.05) is 0 Å². The molecule has 3 rings (SSSR count). The van der Waals surface area contributed by atoms with Crippen LogP contribution < -0.4 is 5.73 Å². The van der Waals surface area contributed by atoms with Gasteiger partial charge in [-0.25, -0.2) is 0 Å². The zero-order chi connectivity index (χ0) is 15.6. The van der Waals surface area contributed by atoms with Crippen LogP contribution in [0.4, 0.5) is 0 Å². The first kappa shape index (κ1) is 14.8. The molecular weight excluding hydrogens is 270 g/mol. The van der Waals surface area contributed by atoms with Gasteiger partial charge in [0.2, 0.25) is 0 Å². The summed E-state index contributed by atoms with van der Waals surface area (Å²) in [6.07, 6.45) is 0.553. The van der Waals surface area contributed by atoms with E-state index in [4.69, 9.17) is 5.73 Å². The monoisotopic (exact) mass is 291 g/mol. The summed E-state index contributed by atoms with van der Waals surface area (Å²) in [7, 11) is 0. The fourth-order valence-electron chi connectivity index (χ4n) is 3.12. The summed E-state index contributed by atoms with van der Waals surface area (Å²) in [5.41, 5.74) is 7.20. The second kappa shape index (κ2) is 5.91. The molecule has 0 bridgehead atoms. The molecule has 0 saturated carbocycles. The fraction of sp³-hybridized carbons (Fsp3) is 0.200. The Morgan fingerprint density at radius 1 is 0.909 bits per heavy atom. The SMILES string of the molecule is CCC(O)(c1cccc2ccccc12)C(N)c1ccccc1. The lowest BCUT2D eigenvalue weighted by Crippen LogP contribution is -2.38. The van der Waals surface area contributed by atoms with Crippen molar-refractivity contribution in [2.75, 3.05) is 0 Å². The third-order valence-electron chi connectivity index (χ3n) is 4.47. The Balaban J connectivity index is 2.16. The van der Waals surface area contributed by atoms with E-state index in [2.05, 4.69) is 12.1 Å². The van der Waals surface area contributed by atoms with Crippen molar-refractivity contribution in [2.24, 2.45) is 5.73 Å². The van der Waals surface area contributed by atoms with E-state index in [9.17, 15) is 5.11 Å². The van der Waals surface area contributed by atoms with E-state index < -0.39 is 11.6 Å². The number of hydrogen-bond donors (Lipinski definition) is 2. The van der Waals surface area contributed by atoms with Gasteiger partial charge in [-0.2, -0.15) is 0 Å². The molecule has 0 saturated heterocycles. The number of rotatable bonds is 4. The predicted molar refractivity (Wildman–Crippen MR) is 91.5 cm³/mol. The molecule has 0 aliphatic heterocycles. The van der Waals surface area contributed by atoms with Crippen LogP contribution in [0.5, 0.6) is 0 Å². The predicted octanol–water partition coefficient (Wildman–Crippen LogP) is 4.14. The van der Waals surface area contributed by atoms with Crippen molar-refractivity contribution in [1.29, 1.82) is 0 Å². The topological polar surface area (TPSA) is 46.2 Å². The Bertz CT molecular complexity index is 764. The van der Waals surface area contributed by atoms with Gasteiger partial charge >= 0.3 is 0 Å². The van der Waals surface area contributed by atoms with Crippen molar-refractivity contribution in [3.8, 4) is 0 Å². The molecule has 2 atom stereocenters. The zero-order valence-electron chi connectivity index (χ0n) is 12.7. The highest BCUT2D eigenvalue weighted by Gasteiger charge is 2.36. The maximum absolute atomic E-state index is 11.4. The quantitative estimate of drug-likeness (QED) is 0.759. The Kier molecular flexibility index (Phi) is 3.97. The molecule has 22 heavy (non-hydrogen) atoms. The highest BCUT2D eigenvalue weighted by atomic mass is 16.3. The lowest BCUT2D eigenvalue weighted by molar-refractivity contribution is 0.00601. The Hall–Kier alpha value is -2.16. The van der Waals surface area contributed by atoms with Gasteiger partial charge in [0.05, 0.1) is 6.04 Å². The molecule has 2 unspecified atom stereocenters. The van der Waals surface area contributed by atoms with Gasteiger partial charge < -0.3 is 10.8 Å². The van der Waals surface area contributed by atoms with E-state index in [1.807, 2.05) is 67.6 Å². The fourth-order valence-corrected chi connectivity index (χ4v) is 3.12. The van der Waals surface area contributed by atoms with Gasteiger partial charge in [-0.3, -0.25) is 0 Å². The molecule has 112 valence electrons. The van der Waals surface area contributed by atoms with Gasteiger partial charge in [-0.15, -0.1) is 0 Å². The first-order chi connectivity index (χ1) is 10.7. The summed E-state index contributed by atoms with van der Waals surface area (Å²) in [5.74, 6) is 0. The zero-order valence-corrected chi connectivity index (χ0v) is 12.7. The molecule has 2 heteroatoms. The maximum Gasteiger partial charge on any atom is 0.109 e. The van der Waals surface area contributed by atoms with Crippen molar-refractivity contribution in [2.45, 2.75) is 25.0 Å². The summed E-state index contributed by atoms with van der Waals surface area (Å²) in [6.45, 7) is 1.98. The molecular formula is C20H21NO. The number of aliphatic hydroxyl groups is 1. The summed E-state index contributed by atoms with van der Waals surface area (Å²) in [6, 6.07) is 23.5. The maximum atomic E-state index is 11.4. The van der Waals surface area contributed by atoms with Gasteiger partial charge in [0.1, 0.15) is 5.60 Å². The molecule has 0 fully saturated rings. The van der Waals surface area contributed by atoms with Crippen LogP contribution in [0.3, 0.4) is 0 Å². The van der Waals surface area contributed by atoms with Crippen LogP contribution in [0.1, 0.15) is 30.5 Å². The average molecular weight is 291 g/mol. The van der Waals surface area contributed by atoms with Gasteiger partial charge in [-0.1, -0.05) is 79.7 Å². The smallest absolute Gasteiger partial charge is 0.109 e. The Morgan fingerprint density at radius 2 is 1.55 bits per heavy atom. The summed E-state index contributed by atoms with van der Waals surface area (Å²) >= 11 is 0. The molecule has 2 nitrogen and oxygen atoms in total. The van der Waals surface area contributed by atoms with E-state index in [0.29, 0.717) is 6.42 Å².